The molecule has 3 heterocycles. The number of amides is 1. The van der Waals surface area contributed by atoms with Gasteiger partial charge < -0.3 is 10.2 Å². The van der Waals surface area contributed by atoms with Crippen molar-refractivity contribution in [3.05, 3.63) is 53.6 Å². The Morgan fingerprint density at radius 2 is 1.93 bits per heavy atom. The van der Waals surface area contributed by atoms with E-state index in [0.29, 0.717) is 0 Å². The predicted molar refractivity (Wildman–Crippen MR) is 116 cm³/mol. The summed E-state index contributed by atoms with van der Waals surface area (Å²) in [6.45, 7) is 7.17. The maximum Gasteiger partial charge on any atom is 0.227 e. The molecule has 150 valence electrons. The number of aromatic amines is 1. The number of aromatic nitrogens is 2. The summed E-state index contributed by atoms with van der Waals surface area (Å²) in [7, 11) is 0. The maximum atomic E-state index is 11.8. The number of nitrogens with zero attached hydrogens (tertiary/aromatic N) is 3. The first kappa shape index (κ1) is 18.2. The van der Waals surface area contributed by atoms with Gasteiger partial charge in [0.1, 0.15) is 0 Å². The van der Waals surface area contributed by atoms with Crippen molar-refractivity contribution in [3.8, 4) is 0 Å². The third-order valence-electron chi connectivity index (χ3n) is 6.24. The summed E-state index contributed by atoms with van der Waals surface area (Å²) in [5, 5.41) is 11.9. The minimum atomic E-state index is 0.0592. The first-order valence-electron chi connectivity index (χ1n) is 10.5. The number of benzene rings is 2. The average molecular weight is 390 g/mol. The molecule has 6 nitrogen and oxygen atoms in total. The van der Waals surface area contributed by atoms with Gasteiger partial charge in [-0.3, -0.25) is 14.8 Å². The number of carbonyl (C=O) groups is 1. The number of nitrogens with one attached hydrogen (secondary N) is 2. The zero-order valence-corrected chi connectivity index (χ0v) is 16.8. The highest BCUT2D eigenvalue weighted by Crippen LogP contribution is 2.27. The first-order valence-corrected chi connectivity index (χ1v) is 10.5. The van der Waals surface area contributed by atoms with Gasteiger partial charge >= 0.3 is 0 Å². The second kappa shape index (κ2) is 7.52. The van der Waals surface area contributed by atoms with Crippen molar-refractivity contribution in [1.82, 2.24) is 15.1 Å². The van der Waals surface area contributed by atoms with Crippen LogP contribution >= 0.6 is 0 Å². The lowest BCUT2D eigenvalue weighted by Gasteiger charge is -2.35. The molecule has 2 aromatic carbocycles. The van der Waals surface area contributed by atoms with Gasteiger partial charge in [-0.2, -0.15) is 5.10 Å². The molecule has 0 radical (unpaired) electrons. The molecule has 0 saturated carbocycles. The van der Waals surface area contributed by atoms with Crippen LogP contribution in [0.5, 0.6) is 0 Å². The van der Waals surface area contributed by atoms with Crippen molar-refractivity contribution in [3.63, 3.8) is 0 Å². The number of fused-ring (bicyclic) bond motifs is 2. The van der Waals surface area contributed by atoms with Gasteiger partial charge in [-0.25, -0.2) is 0 Å². The molecular weight excluding hydrogens is 362 g/mol. The van der Waals surface area contributed by atoms with Crippen molar-refractivity contribution in [2.24, 2.45) is 5.92 Å². The highest BCUT2D eigenvalue weighted by Gasteiger charge is 2.23. The van der Waals surface area contributed by atoms with Crippen LogP contribution in [0.2, 0.25) is 0 Å². The molecule has 6 heteroatoms. The molecule has 3 aromatic rings. The van der Waals surface area contributed by atoms with Crippen LogP contribution in [0, 0.1) is 5.92 Å². The number of piperazine rings is 1. The fourth-order valence-electron chi connectivity index (χ4n) is 4.43. The smallest absolute Gasteiger partial charge is 0.227 e. The molecule has 0 bridgehead atoms. The minimum Gasteiger partial charge on any atom is -0.352 e. The molecule has 29 heavy (non-hydrogen) atoms. The molecule has 2 N–H and O–H groups in total. The predicted octanol–water partition coefficient (Wildman–Crippen LogP) is 3.06. The summed E-state index contributed by atoms with van der Waals surface area (Å²) >= 11 is 0. The van der Waals surface area contributed by atoms with E-state index in [1.807, 2.05) is 13.0 Å². The summed E-state index contributed by atoms with van der Waals surface area (Å²) in [4.78, 5) is 16.8. The van der Waals surface area contributed by atoms with Crippen LogP contribution in [-0.2, 0) is 17.6 Å². The van der Waals surface area contributed by atoms with E-state index < -0.39 is 0 Å². The molecular formula is C23H27N5O. The summed E-state index contributed by atoms with van der Waals surface area (Å²) in [5.41, 5.74) is 4.71. The van der Waals surface area contributed by atoms with E-state index in [1.165, 1.54) is 16.5 Å². The zero-order chi connectivity index (χ0) is 19.8. The Balaban J connectivity index is 1.18. The average Bonchev–Trinajstić information content (AvgIpc) is 3.18. The summed E-state index contributed by atoms with van der Waals surface area (Å²) in [6.07, 6.45) is 1.88. The lowest BCUT2D eigenvalue weighted by molar-refractivity contribution is -0.119. The van der Waals surface area contributed by atoms with Crippen LogP contribution in [0.3, 0.4) is 0 Å². The summed E-state index contributed by atoms with van der Waals surface area (Å²) < 4.78 is 0. The molecule has 1 saturated heterocycles. The Hall–Kier alpha value is -2.86. The summed E-state index contributed by atoms with van der Waals surface area (Å²) in [5.74, 6) is 1.27. The Morgan fingerprint density at radius 3 is 2.79 bits per heavy atom. The highest BCUT2D eigenvalue weighted by atomic mass is 16.1. The molecule has 1 atom stereocenters. The second-order valence-corrected chi connectivity index (χ2v) is 8.26. The molecule has 0 aliphatic carbocycles. The number of carbonyl (C=O) groups excluding carboxylic acids is 1. The molecule has 1 amide bonds. The van der Waals surface area contributed by atoms with E-state index in [1.54, 1.807) is 0 Å². The molecule has 0 spiro atoms. The highest BCUT2D eigenvalue weighted by molar-refractivity contribution is 5.95. The molecule has 1 aromatic heterocycles. The van der Waals surface area contributed by atoms with Gasteiger partial charge in [-0.1, -0.05) is 31.2 Å². The van der Waals surface area contributed by atoms with Crippen molar-refractivity contribution in [2.45, 2.75) is 19.8 Å². The number of hydrogen-bond acceptors (Lipinski definition) is 4. The van der Waals surface area contributed by atoms with Crippen molar-refractivity contribution < 1.29 is 4.79 Å². The van der Waals surface area contributed by atoms with Gasteiger partial charge in [-0.15, -0.1) is 0 Å². The topological polar surface area (TPSA) is 64.3 Å². The van der Waals surface area contributed by atoms with Crippen molar-refractivity contribution in [2.75, 3.05) is 42.9 Å². The monoisotopic (exact) mass is 389 g/mol. The second-order valence-electron chi connectivity index (χ2n) is 8.26. The SMILES string of the molecule is CC1Cc2cc(CCN3CCN(c4n[nH]c5ccccc45)CC3)ccc2NC1=O. The number of H-pyrrole nitrogens is 1. The van der Waals surface area contributed by atoms with Crippen LogP contribution in [0.15, 0.2) is 42.5 Å². The van der Waals surface area contributed by atoms with Gasteiger partial charge in [0.25, 0.3) is 0 Å². The Labute approximate surface area is 170 Å². The fourth-order valence-corrected chi connectivity index (χ4v) is 4.43. The Kier molecular flexibility index (Phi) is 4.72. The van der Waals surface area contributed by atoms with E-state index in [9.17, 15) is 4.79 Å². The maximum absolute atomic E-state index is 11.8. The first-order chi connectivity index (χ1) is 14.2. The van der Waals surface area contributed by atoms with Crippen LogP contribution in [0.4, 0.5) is 11.5 Å². The van der Waals surface area contributed by atoms with Crippen LogP contribution in [0.1, 0.15) is 18.1 Å². The zero-order valence-electron chi connectivity index (χ0n) is 16.8. The normalized spacial score (nSPS) is 20.0. The van der Waals surface area contributed by atoms with Gasteiger partial charge in [0.15, 0.2) is 5.82 Å². The molecule has 1 fully saturated rings. The standard InChI is InChI=1S/C23H27N5O/c1-16-14-18-15-17(6-7-20(18)24-23(16)29)8-9-27-10-12-28(13-11-27)22-19-4-2-3-5-21(19)25-26-22/h2-7,15-16H,8-14H2,1H3,(H,24,29)(H,25,26). The van der Waals surface area contributed by atoms with Crippen LogP contribution < -0.4 is 10.2 Å². The minimum absolute atomic E-state index is 0.0592. The van der Waals surface area contributed by atoms with E-state index in [-0.39, 0.29) is 11.8 Å². The Bertz CT molecular complexity index is 1030. The van der Waals surface area contributed by atoms with Gasteiger partial charge in [-0.05, 0) is 42.2 Å². The molecule has 2 aliphatic heterocycles. The van der Waals surface area contributed by atoms with Crippen LogP contribution in [-0.4, -0.2) is 53.7 Å². The van der Waals surface area contributed by atoms with E-state index >= 15 is 0 Å². The lowest BCUT2D eigenvalue weighted by Crippen LogP contribution is -2.47. The lowest BCUT2D eigenvalue weighted by atomic mass is 9.93. The Morgan fingerprint density at radius 1 is 1.10 bits per heavy atom. The van der Waals surface area contributed by atoms with E-state index in [2.05, 4.69) is 61.7 Å². The fraction of sp³-hybridized carbons (Fsp3) is 0.391. The number of anilines is 2. The van der Waals surface area contributed by atoms with Gasteiger partial charge in [0.2, 0.25) is 5.91 Å². The largest absolute Gasteiger partial charge is 0.352 e. The quantitative estimate of drug-likeness (QED) is 0.720. The van der Waals surface area contributed by atoms with Gasteiger partial charge in [0.05, 0.1) is 5.52 Å². The number of rotatable bonds is 4. The molecule has 2 aliphatic rings. The van der Waals surface area contributed by atoms with Crippen LogP contribution in [0.25, 0.3) is 10.9 Å². The third-order valence-corrected chi connectivity index (χ3v) is 6.24. The third kappa shape index (κ3) is 3.60. The van der Waals surface area contributed by atoms with E-state index in [4.69, 9.17) is 0 Å². The number of para-hydroxylation sites is 1. The number of hydrogen-bond donors (Lipinski definition) is 2. The molecule has 5 rings (SSSR count). The van der Waals surface area contributed by atoms with E-state index in [0.717, 1.165) is 62.6 Å². The van der Waals surface area contributed by atoms with Crippen molar-refractivity contribution >= 4 is 28.3 Å². The van der Waals surface area contributed by atoms with Crippen molar-refractivity contribution in [1.29, 1.82) is 0 Å². The summed E-state index contributed by atoms with van der Waals surface area (Å²) in [6, 6.07) is 14.8. The molecule has 1 unspecified atom stereocenters. The van der Waals surface area contributed by atoms with Gasteiger partial charge in [0, 0.05) is 49.7 Å².